The average molecular weight is 663 g/mol. The molecule has 5 rings (SSSR count). The third-order valence-corrected chi connectivity index (χ3v) is 8.00. The first-order valence-electron chi connectivity index (χ1n) is 14.8. The molecule has 0 radical (unpaired) electrons. The van der Waals surface area contributed by atoms with Crippen LogP contribution >= 0.6 is 11.6 Å². The minimum Gasteiger partial charge on any atom is -0.380 e. The maximum atomic E-state index is 13.4. The van der Waals surface area contributed by atoms with Gasteiger partial charge in [0.25, 0.3) is 11.8 Å². The van der Waals surface area contributed by atoms with E-state index in [1.807, 2.05) is 0 Å². The van der Waals surface area contributed by atoms with Crippen LogP contribution in [0.4, 0.5) is 24.5 Å². The molecular weight excluding hydrogens is 633 g/mol. The number of aliphatic hydroxyl groups excluding tert-OH is 1. The fraction of sp³-hybridized carbons (Fsp3) is 0.200. The summed E-state index contributed by atoms with van der Waals surface area (Å²) < 4.78 is 39.8. The number of halogens is 4. The van der Waals surface area contributed by atoms with E-state index in [0.29, 0.717) is 5.56 Å². The van der Waals surface area contributed by atoms with Gasteiger partial charge in [0, 0.05) is 29.9 Å². The van der Waals surface area contributed by atoms with Crippen LogP contribution in [0.5, 0.6) is 0 Å². The lowest BCUT2D eigenvalue weighted by atomic mass is 9.98. The van der Waals surface area contributed by atoms with Crippen LogP contribution in [0.3, 0.4) is 0 Å². The summed E-state index contributed by atoms with van der Waals surface area (Å²) >= 11 is 5.69. The van der Waals surface area contributed by atoms with Gasteiger partial charge in [-0.05, 0) is 72.9 Å². The van der Waals surface area contributed by atoms with Gasteiger partial charge in [0.05, 0.1) is 28.1 Å². The van der Waals surface area contributed by atoms with Gasteiger partial charge in [0.1, 0.15) is 6.10 Å². The molecule has 1 heterocycles. The third kappa shape index (κ3) is 8.24. The van der Waals surface area contributed by atoms with Crippen LogP contribution in [0, 0.1) is 0 Å². The molecule has 1 fully saturated rings. The van der Waals surface area contributed by atoms with E-state index in [-0.39, 0.29) is 27.9 Å². The van der Waals surface area contributed by atoms with Crippen molar-refractivity contribution in [1.82, 2.24) is 5.43 Å². The normalized spacial score (nSPS) is 14.1. The molecule has 1 unspecified atom stereocenters. The van der Waals surface area contributed by atoms with Gasteiger partial charge in [0.2, 0.25) is 0 Å². The van der Waals surface area contributed by atoms with Crippen molar-refractivity contribution in [2.24, 2.45) is 5.10 Å². The number of ketones is 1. The van der Waals surface area contributed by atoms with Crippen LogP contribution in [-0.4, -0.2) is 42.0 Å². The lowest BCUT2D eigenvalue weighted by Gasteiger charge is -2.29. The van der Waals surface area contributed by atoms with Gasteiger partial charge in [-0.2, -0.15) is 18.3 Å². The zero-order valence-electron chi connectivity index (χ0n) is 24.9. The molecule has 0 spiro atoms. The molecule has 47 heavy (non-hydrogen) atoms. The van der Waals surface area contributed by atoms with E-state index in [2.05, 4.69) is 20.7 Å². The smallest absolute Gasteiger partial charge is 0.380 e. The Morgan fingerprint density at radius 2 is 1.57 bits per heavy atom. The van der Waals surface area contributed by atoms with Crippen LogP contribution < -0.4 is 15.6 Å². The number of hydrogen-bond donors (Lipinski definition) is 3. The van der Waals surface area contributed by atoms with Gasteiger partial charge in [-0.3, -0.25) is 14.4 Å². The highest BCUT2D eigenvalue weighted by Gasteiger charge is 2.33. The van der Waals surface area contributed by atoms with Gasteiger partial charge in [-0.1, -0.05) is 60.1 Å². The van der Waals surface area contributed by atoms with Crippen LogP contribution in [0.1, 0.15) is 73.1 Å². The number of nitrogens with one attached hydrogen (secondary N) is 2. The largest absolute Gasteiger partial charge is 0.417 e. The SMILES string of the molecule is O=C(Nc1ccc(N2CCCCC2)cc1C(=O)NN=Cc1ccc(Cl)c(C(F)(F)F)c1)c1cccc(C(=O)C(O)c2ccccc2)c1. The van der Waals surface area contributed by atoms with Crippen LogP contribution in [0.25, 0.3) is 0 Å². The summed E-state index contributed by atoms with van der Waals surface area (Å²) in [4.78, 5) is 41.8. The van der Waals surface area contributed by atoms with Crippen LogP contribution in [0.15, 0.2) is 96.1 Å². The summed E-state index contributed by atoms with van der Waals surface area (Å²) in [6, 6.07) is 22.5. The molecule has 4 aromatic carbocycles. The second kappa shape index (κ2) is 14.6. The summed E-state index contributed by atoms with van der Waals surface area (Å²) in [5, 5.41) is 16.7. The van der Waals surface area contributed by atoms with E-state index in [1.54, 1.807) is 48.5 Å². The van der Waals surface area contributed by atoms with Crippen molar-refractivity contribution in [1.29, 1.82) is 0 Å². The number of nitrogens with zero attached hydrogens (tertiary/aromatic N) is 2. The van der Waals surface area contributed by atoms with E-state index in [4.69, 9.17) is 11.6 Å². The Kier molecular flexibility index (Phi) is 10.4. The number of alkyl halides is 3. The van der Waals surface area contributed by atoms with E-state index in [9.17, 15) is 32.7 Å². The number of anilines is 2. The molecule has 12 heteroatoms. The second-order valence-electron chi connectivity index (χ2n) is 10.9. The fourth-order valence-corrected chi connectivity index (χ4v) is 5.42. The Labute approximate surface area is 273 Å². The van der Waals surface area contributed by atoms with Gasteiger partial charge >= 0.3 is 6.18 Å². The Balaban J connectivity index is 1.37. The Morgan fingerprint density at radius 1 is 0.851 bits per heavy atom. The summed E-state index contributed by atoms with van der Waals surface area (Å²) in [5.41, 5.74) is 2.98. The predicted molar refractivity (Wildman–Crippen MR) is 174 cm³/mol. The van der Waals surface area contributed by atoms with Gasteiger partial charge in [0.15, 0.2) is 5.78 Å². The zero-order chi connectivity index (χ0) is 33.6. The zero-order valence-corrected chi connectivity index (χ0v) is 25.7. The minimum absolute atomic E-state index is 0.0597. The standard InChI is InChI=1S/C35H30ClF3N4O4/c36-29-14-12-22(18-28(29)35(37,38)39)21-40-42-34(47)27-20-26(43-16-5-2-6-17-43)13-15-30(27)41-33(46)25-11-7-10-24(19-25)32(45)31(44)23-8-3-1-4-9-23/h1,3-4,7-15,18-21,31,44H,2,5-6,16-17H2,(H,41,46)(H,42,47). The maximum Gasteiger partial charge on any atom is 0.417 e. The lowest BCUT2D eigenvalue weighted by Crippen LogP contribution is -2.30. The Bertz CT molecular complexity index is 1810. The summed E-state index contributed by atoms with van der Waals surface area (Å²) in [6.45, 7) is 1.58. The first-order chi connectivity index (χ1) is 22.5. The highest BCUT2D eigenvalue weighted by atomic mass is 35.5. The number of amides is 2. The molecule has 1 aliphatic rings. The van der Waals surface area contributed by atoms with Crippen molar-refractivity contribution in [2.75, 3.05) is 23.3 Å². The molecule has 4 aromatic rings. The molecule has 0 aromatic heterocycles. The monoisotopic (exact) mass is 662 g/mol. The van der Waals surface area contributed by atoms with Crippen molar-refractivity contribution in [3.63, 3.8) is 0 Å². The number of carbonyl (C=O) groups is 3. The van der Waals surface area contributed by atoms with E-state index >= 15 is 0 Å². The van der Waals surface area contributed by atoms with Crippen molar-refractivity contribution >= 4 is 46.8 Å². The first-order valence-corrected chi connectivity index (χ1v) is 15.2. The summed E-state index contributed by atoms with van der Waals surface area (Å²) in [7, 11) is 0. The van der Waals surface area contributed by atoms with Crippen molar-refractivity contribution in [3.05, 3.63) is 129 Å². The van der Waals surface area contributed by atoms with E-state index < -0.39 is 40.5 Å². The molecule has 1 atom stereocenters. The quantitative estimate of drug-likeness (QED) is 0.0991. The lowest BCUT2D eigenvalue weighted by molar-refractivity contribution is -0.137. The number of aliphatic hydroxyl groups is 1. The number of rotatable bonds is 9. The molecule has 3 N–H and O–H groups in total. The first kappa shape index (κ1) is 33.4. The van der Waals surface area contributed by atoms with Gasteiger partial charge in [-0.15, -0.1) is 0 Å². The molecule has 0 aliphatic carbocycles. The van der Waals surface area contributed by atoms with Gasteiger partial charge in [-0.25, -0.2) is 5.43 Å². The summed E-state index contributed by atoms with van der Waals surface area (Å²) in [6.07, 6.45) is -1.96. The van der Waals surface area contributed by atoms with Crippen LogP contribution in [0.2, 0.25) is 5.02 Å². The number of hydrogen-bond acceptors (Lipinski definition) is 6. The molecule has 242 valence electrons. The number of hydrazone groups is 1. The predicted octanol–water partition coefficient (Wildman–Crippen LogP) is 7.28. The molecule has 2 amide bonds. The Morgan fingerprint density at radius 3 is 2.30 bits per heavy atom. The van der Waals surface area contributed by atoms with Crippen molar-refractivity contribution < 1.29 is 32.7 Å². The third-order valence-electron chi connectivity index (χ3n) is 7.67. The number of benzene rings is 4. The summed E-state index contributed by atoms with van der Waals surface area (Å²) in [5.74, 6) is -1.91. The molecule has 1 saturated heterocycles. The van der Waals surface area contributed by atoms with Gasteiger partial charge < -0.3 is 15.3 Å². The highest BCUT2D eigenvalue weighted by molar-refractivity contribution is 6.31. The fourth-order valence-electron chi connectivity index (χ4n) is 5.20. The van der Waals surface area contributed by atoms with E-state index in [0.717, 1.165) is 56.4 Å². The van der Waals surface area contributed by atoms with Crippen molar-refractivity contribution in [3.8, 4) is 0 Å². The Hall–Kier alpha value is -5.00. The average Bonchev–Trinajstić information content (AvgIpc) is 3.08. The molecule has 0 bridgehead atoms. The van der Waals surface area contributed by atoms with E-state index in [1.165, 1.54) is 30.3 Å². The number of piperidine rings is 1. The number of Topliss-reactive ketones (excluding diaryl/α,β-unsaturated/α-hetero) is 1. The second-order valence-corrected chi connectivity index (χ2v) is 11.3. The van der Waals surface area contributed by atoms with Crippen LogP contribution in [-0.2, 0) is 6.18 Å². The number of carbonyl (C=O) groups excluding carboxylic acids is 3. The molecule has 0 saturated carbocycles. The van der Waals surface area contributed by atoms with Crippen molar-refractivity contribution in [2.45, 2.75) is 31.5 Å². The molecule has 1 aliphatic heterocycles. The highest BCUT2D eigenvalue weighted by Crippen LogP contribution is 2.35. The molecular formula is C35H30ClF3N4O4. The topological polar surface area (TPSA) is 111 Å². The minimum atomic E-state index is -4.67. The molecule has 8 nitrogen and oxygen atoms in total. The maximum absolute atomic E-state index is 13.4.